The molecule has 0 unspecified atom stereocenters. The van der Waals surface area contributed by atoms with Crippen LogP contribution in [-0.2, 0) is 25.7 Å². The number of hydrogen-bond acceptors (Lipinski definition) is 5. The van der Waals surface area contributed by atoms with Gasteiger partial charge in [-0.2, -0.15) is 21.0 Å². The van der Waals surface area contributed by atoms with Gasteiger partial charge in [0, 0.05) is 5.69 Å². The fraction of sp³-hybridized carbons (Fsp3) is 0.273. The molecule has 4 aliphatic rings. The van der Waals surface area contributed by atoms with E-state index in [1.165, 1.54) is 11.1 Å². The second-order valence-corrected chi connectivity index (χ2v) is 6.66. The van der Waals surface area contributed by atoms with Gasteiger partial charge in [0.15, 0.2) is 5.92 Å². The minimum Gasteiger partial charge on any atom is -0.354 e. The number of rotatable bonds is 3. The molecular weight excluding hydrogens is 334 g/mol. The van der Waals surface area contributed by atoms with Crippen molar-refractivity contribution in [2.24, 2.45) is 5.92 Å². The van der Waals surface area contributed by atoms with Crippen LogP contribution < -0.4 is 5.32 Å². The summed E-state index contributed by atoms with van der Waals surface area (Å²) in [6.45, 7) is 0. The molecule has 6 rings (SSSR count). The van der Waals surface area contributed by atoms with E-state index in [2.05, 4.69) is 35.6 Å². The van der Waals surface area contributed by atoms with Crippen molar-refractivity contribution < 1.29 is 0 Å². The Morgan fingerprint density at radius 3 is 1.81 bits per heavy atom. The first-order valence-corrected chi connectivity index (χ1v) is 8.73. The lowest BCUT2D eigenvalue weighted by Gasteiger charge is -2.24. The van der Waals surface area contributed by atoms with Crippen molar-refractivity contribution in [2.75, 3.05) is 5.32 Å². The Kier molecular flexibility index (Phi) is 5.08. The summed E-state index contributed by atoms with van der Waals surface area (Å²) in [5.74, 6) is -1.39. The predicted octanol–water partition coefficient (Wildman–Crippen LogP) is 3.43. The van der Waals surface area contributed by atoms with Gasteiger partial charge in [-0.3, -0.25) is 0 Å². The minimum absolute atomic E-state index is 0.640. The normalized spacial score (nSPS) is 12.8. The lowest BCUT2D eigenvalue weighted by Crippen LogP contribution is -2.42. The summed E-state index contributed by atoms with van der Waals surface area (Å²) in [5, 5.41) is 40.5. The maximum Gasteiger partial charge on any atom is 0.241 e. The standard InChI is InChI=1S/C22H17N5/c23-12-20(13-24)22(14-25,15-26)27-21-11-18-6-5-16-1-3-17(4-2-16)7-9-19(21)10-8-18/h1-4,8,10-11,20,27H,5-7,9H2. The molecular formula is C22H17N5. The fourth-order valence-electron chi connectivity index (χ4n) is 3.27. The Labute approximate surface area is 158 Å². The summed E-state index contributed by atoms with van der Waals surface area (Å²) < 4.78 is 0. The first-order valence-electron chi connectivity index (χ1n) is 8.73. The summed E-state index contributed by atoms with van der Waals surface area (Å²) in [7, 11) is 0. The third kappa shape index (κ3) is 3.59. The van der Waals surface area contributed by atoms with Crippen LogP contribution in [0.5, 0.6) is 0 Å². The lowest BCUT2D eigenvalue weighted by atomic mass is 9.87. The van der Waals surface area contributed by atoms with Crippen LogP contribution in [0.3, 0.4) is 0 Å². The van der Waals surface area contributed by atoms with Gasteiger partial charge in [0.2, 0.25) is 5.54 Å². The highest BCUT2D eigenvalue weighted by Gasteiger charge is 2.41. The maximum absolute atomic E-state index is 9.58. The van der Waals surface area contributed by atoms with E-state index >= 15 is 0 Å². The van der Waals surface area contributed by atoms with E-state index in [0.717, 1.165) is 36.8 Å². The van der Waals surface area contributed by atoms with Gasteiger partial charge < -0.3 is 5.32 Å². The highest BCUT2D eigenvalue weighted by molar-refractivity contribution is 5.60. The second kappa shape index (κ2) is 7.61. The van der Waals surface area contributed by atoms with Crippen LogP contribution in [0.15, 0.2) is 42.5 Å². The highest BCUT2D eigenvalue weighted by Crippen LogP contribution is 2.28. The van der Waals surface area contributed by atoms with Gasteiger partial charge in [-0.15, -0.1) is 0 Å². The number of aryl methyl sites for hydroxylation is 4. The number of nitriles is 4. The Bertz CT molecular complexity index is 981. The zero-order valence-electron chi connectivity index (χ0n) is 14.7. The number of benzene rings is 2. The van der Waals surface area contributed by atoms with E-state index in [1.807, 2.05) is 24.3 Å². The molecule has 0 amide bonds. The molecule has 0 spiro atoms. The average Bonchev–Trinajstić information content (AvgIpc) is 2.70. The molecule has 0 atom stereocenters. The summed E-state index contributed by atoms with van der Waals surface area (Å²) in [4.78, 5) is 0. The number of nitrogens with zero attached hydrogens (tertiary/aromatic N) is 4. The van der Waals surface area contributed by atoms with Crippen LogP contribution in [0, 0.1) is 51.2 Å². The zero-order valence-corrected chi connectivity index (χ0v) is 14.7. The van der Waals surface area contributed by atoms with Crippen LogP contribution >= 0.6 is 0 Å². The molecule has 0 fully saturated rings. The molecule has 5 nitrogen and oxygen atoms in total. The van der Waals surface area contributed by atoms with Crippen molar-refractivity contribution in [2.45, 2.75) is 31.2 Å². The highest BCUT2D eigenvalue weighted by atomic mass is 15.0. The fourth-order valence-corrected chi connectivity index (χ4v) is 3.27. The van der Waals surface area contributed by atoms with Gasteiger partial charge in [0.05, 0.1) is 12.1 Å². The number of hydrogen-bond donors (Lipinski definition) is 1. The van der Waals surface area contributed by atoms with Crippen LogP contribution in [0.2, 0.25) is 0 Å². The SMILES string of the molecule is N#CC(C#N)C(C#N)(C#N)Nc1cc2ccc1CCc1ccc(cc1)CC2. The number of nitrogens with one attached hydrogen (secondary N) is 1. The van der Waals surface area contributed by atoms with Crippen molar-refractivity contribution in [1.82, 2.24) is 0 Å². The summed E-state index contributed by atoms with van der Waals surface area (Å²) >= 11 is 0. The lowest BCUT2D eigenvalue weighted by molar-refractivity contribution is 0.645. The molecule has 4 bridgehead atoms. The van der Waals surface area contributed by atoms with Crippen LogP contribution in [0.4, 0.5) is 5.69 Å². The van der Waals surface area contributed by atoms with Crippen LogP contribution in [-0.4, -0.2) is 5.54 Å². The van der Waals surface area contributed by atoms with E-state index < -0.39 is 11.5 Å². The number of anilines is 1. The smallest absolute Gasteiger partial charge is 0.241 e. The van der Waals surface area contributed by atoms with Gasteiger partial charge in [0.25, 0.3) is 0 Å². The van der Waals surface area contributed by atoms with Crippen LogP contribution in [0.1, 0.15) is 22.3 Å². The van der Waals surface area contributed by atoms with E-state index in [9.17, 15) is 21.0 Å². The molecule has 130 valence electrons. The largest absolute Gasteiger partial charge is 0.354 e. The Balaban J connectivity index is 2.02. The van der Waals surface area contributed by atoms with Crippen molar-refractivity contribution in [3.05, 3.63) is 64.7 Å². The van der Waals surface area contributed by atoms with E-state index in [0.29, 0.717) is 5.69 Å². The molecule has 0 saturated carbocycles. The molecule has 0 saturated heterocycles. The van der Waals surface area contributed by atoms with Gasteiger partial charge >= 0.3 is 0 Å². The van der Waals surface area contributed by atoms with E-state index in [4.69, 9.17) is 0 Å². The van der Waals surface area contributed by atoms with Gasteiger partial charge in [0.1, 0.15) is 12.1 Å². The first kappa shape index (κ1) is 18.0. The molecule has 0 radical (unpaired) electrons. The second-order valence-electron chi connectivity index (χ2n) is 6.66. The molecule has 4 aliphatic carbocycles. The predicted molar refractivity (Wildman–Crippen MR) is 100.0 cm³/mol. The Hall–Kier alpha value is -3.80. The third-order valence-corrected chi connectivity index (χ3v) is 4.96. The summed E-state index contributed by atoms with van der Waals surface area (Å²) in [5.41, 5.74) is 3.23. The quantitative estimate of drug-likeness (QED) is 0.911. The van der Waals surface area contributed by atoms with Gasteiger partial charge in [-0.05, 0) is 54.0 Å². The summed E-state index contributed by atoms with van der Waals surface area (Å²) in [6.07, 6.45) is 3.25. The third-order valence-electron chi connectivity index (χ3n) is 4.96. The Morgan fingerprint density at radius 1 is 0.741 bits per heavy atom. The molecule has 1 N–H and O–H groups in total. The molecule has 27 heavy (non-hydrogen) atoms. The Morgan fingerprint density at radius 2 is 1.26 bits per heavy atom. The van der Waals surface area contributed by atoms with Crippen molar-refractivity contribution in [3.63, 3.8) is 0 Å². The first-order chi connectivity index (χ1) is 13.1. The van der Waals surface area contributed by atoms with Gasteiger partial charge in [-0.25, -0.2) is 0 Å². The molecule has 2 aromatic carbocycles. The minimum atomic E-state index is -1.91. The maximum atomic E-state index is 9.58. The van der Waals surface area contributed by atoms with E-state index in [-0.39, 0.29) is 0 Å². The monoisotopic (exact) mass is 351 g/mol. The van der Waals surface area contributed by atoms with Crippen LogP contribution in [0.25, 0.3) is 0 Å². The molecule has 2 aromatic rings. The van der Waals surface area contributed by atoms with E-state index in [1.54, 1.807) is 12.1 Å². The zero-order chi connectivity index (χ0) is 19.3. The molecule has 0 aromatic heterocycles. The van der Waals surface area contributed by atoms with Crippen molar-refractivity contribution >= 4 is 5.69 Å². The van der Waals surface area contributed by atoms with Crippen molar-refractivity contribution in [1.29, 1.82) is 21.0 Å². The topological polar surface area (TPSA) is 107 Å². The summed E-state index contributed by atoms with van der Waals surface area (Å²) in [6, 6.07) is 21.8. The molecule has 0 heterocycles. The average molecular weight is 351 g/mol. The van der Waals surface area contributed by atoms with Crippen molar-refractivity contribution in [3.8, 4) is 24.3 Å². The van der Waals surface area contributed by atoms with Gasteiger partial charge in [-0.1, -0.05) is 36.4 Å². The molecule has 0 aliphatic heterocycles. The molecule has 5 heteroatoms.